The van der Waals surface area contributed by atoms with E-state index in [9.17, 15) is 14.0 Å². The molecule has 0 aromatic heterocycles. The number of halogens is 2. The number of hydrogen-bond donors (Lipinski definition) is 1. The summed E-state index contributed by atoms with van der Waals surface area (Å²) in [5.41, 5.74) is 1.57. The topological polar surface area (TPSA) is 66.8 Å². The lowest BCUT2D eigenvalue weighted by atomic mass is 10.1. The van der Waals surface area contributed by atoms with Gasteiger partial charge in [-0.15, -0.1) is 0 Å². The second-order valence-electron chi connectivity index (χ2n) is 6.04. The molecule has 1 fully saturated rings. The Kier molecular flexibility index (Phi) is 5.54. The molecule has 0 bridgehead atoms. The first-order valence-electron chi connectivity index (χ1n) is 8.10. The van der Waals surface area contributed by atoms with Gasteiger partial charge in [-0.3, -0.25) is 4.79 Å². The van der Waals surface area contributed by atoms with Crippen LogP contribution in [0.15, 0.2) is 42.5 Å². The standard InChI is InChI=1S/C19H17ClFNO4/c20-16-10-14(21)5-6-15(16)17-11-22(7-8-26-17)18(23)9-12-1-3-13(4-2-12)19(24)25/h1-6,10,17H,7-9,11H2,(H,24,25). The molecule has 1 unspecified atom stereocenters. The number of rotatable bonds is 4. The van der Waals surface area contributed by atoms with E-state index >= 15 is 0 Å². The first kappa shape index (κ1) is 18.4. The summed E-state index contributed by atoms with van der Waals surface area (Å²) in [4.78, 5) is 25.1. The lowest BCUT2D eigenvalue weighted by Crippen LogP contribution is -2.43. The summed E-state index contributed by atoms with van der Waals surface area (Å²) in [5, 5.41) is 9.19. The highest BCUT2D eigenvalue weighted by Gasteiger charge is 2.27. The quantitative estimate of drug-likeness (QED) is 0.887. The predicted octanol–water partition coefficient (Wildman–Crippen LogP) is 3.32. The van der Waals surface area contributed by atoms with Crippen molar-refractivity contribution in [3.8, 4) is 0 Å². The number of hydrogen-bond acceptors (Lipinski definition) is 3. The number of carboxylic acids is 1. The summed E-state index contributed by atoms with van der Waals surface area (Å²) in [6.45, 7) is 1.15. The Morgan fingerprint density at radius 1 is 1.23 bits per heavy atom. The molecule has 0 spiro atoms. The van der Waals surface area contributed by atoms with Crippen molar-refractivity contribution in [1.82, 2.24) is 4.90 Å². The molecule has 1 atom stereocenters. The van der Waals surface area contributed by atoms with Crippen LogP contribution in [0.2, 0.25) is 5.02 Å². The maximum Gasteiger partial charge on any atom is 0.335 e. The van der Waals surface area contributed by atoms with Gasteiger partial charge in [-0.25, -0.2) is 9.18 Å². The molecule has 0 aliphatic carbocycles. The van der Waals surface area contributed by atoms with Gasteiger partial charge in [0.05, 0.1) is 25.1 Å². The van der Waals surface area contributed by atoms with Gasteiger partial charge in [0.25, 0.3) is 0 Å². The van der Waals surface area contributed by atoms with Gasteiger partial charge in [0, 0.05) is 17.1 Å². The summed E-state index contributed by atoms with van der Waals surface area (Å²) in [7, 11) is 0. The van der Waals surface area contributed by atoms with Crippen LogP contribution < -0.4 is 0 Å². The Morgan fingerprint density at radius 2 is 1.96 bits per heavy atom. The number of carbonyl (C=O) groups is 2. The van der Waals surface area contributed by atoms with Crippen molar-refractivity contribution in [2.24, 2.45) is 0 Å². The molecule has 7 heteroatoms. The van der Waals surface area contributed by atoms with Crippen LogP contribution in [0, 0.1) is 5.82 Å². The SMILES string of the molecule is O=C(O)c1ccc(CC(=O)N2CCOC(c3ccc(F)cc3Cl)C2)cc1. The molecule has 1 N–H and O–H groups in total. The van der Waals surface area contributed by atoms with Gasteiger partial charge in [-0.05, 0) is 29.8 Å². The van der Waals surface area contributed by atoms with E-state index in [4.69, 9.17) is 21.4 Å². The largest absolute Gasteiger partial charge is 0.478 e. The van der Waals surface area contributed by atoms with Crippen LogP contribution in [0.4, 0.5) is 4.39 Å². The van der Waals surface area contributed by atoms with Crippen molar-refractivity contribution in [3.05, 3.63) is 70.0 Å². The fourth-order valence-electron chi connectivity index (χ4n) is 2.88. The minimum atomic E-state index is -1.00. The van der Waals surface area contributed by atoms with Crippen molar-refractivity contribution in [2.75, 3.05) is 19.7 Å². The van der Waals surface area contributed by atoms with Gasteiger partial charge < -0.3 is 14.7 Å². The number of nitrogens with zero attached hydrogens (tertiary/aromatic N) is 1. The average molecular weight is 378 g/mol. The fraction of sp³-hybridized carbons (Fsp3) is 0.263. The minimum absolute atomic E-state index is 0.0837. The first-order valence-corrected chi connectivity index (χ1v) is 8.48. The van der Waals surface area contributed by atoms with Gasteiger partial charge in [-0.2, -0.15) is 0 Å². The Bertz CT molecular complexity index is 825. The summed E-state index contributed by atoms with van der Waals surface area (Å²) < 4.78 is 18.9. The number of benzene rings is 2. The third-order valence-corrected chi connectivity index (χ3v) is 4.61. The molecular formula is C19H17ClFNO4. The van der Waals surface area contributed by atoms with Crippen LogP contribution >= 0.6 is 11.6 Å². The predicted molar refractivity (Wildman–Crippen MR) is 93.8 cm³/mol. The Balaban J connectivity index is 1.66. The summed E-state index contributed by atoms with van der Waals surface area (Å²) in [6.07, 6.45) is -0.237. The summed E-state index contributed by atoms with van der Waals surface area (Å²) in [5.74, 6) is -1.51. The second-order valence-corrected chi connectivity index (χ2v) is 6.45. The van der Waals surface area contributed by atoms with Crippen LogP contribution in [-0.2, 0) is 16.0 Å². The maximum absolute atomic E-state index is 13.2. The van der Waals surface area contributed by atoms with Crippen LogP contribution in [0.1, 0.15) is 27.6 Å². The normalized spacial score (nSPS) is 17.2. The lowest BCUT2D eigenvalue weighted by molar-refractivity contribution is -0.138. The van der Waals surface area contributed by atoms with E-state index in [2.05, 4.69) is 0 Å². The summed E-state index contributed by atoms with van der Waals surface area (Å²) in [6, 6.07) is 10.3. The first-order chi connectivity index (χ1) is 12.4. The highest BCUT2D eigenvalue weighted by Crippen LogP contribution is 2.29. The average Bonchev–Trinajstić information content (AvgIpc) is 2.62. The summed E-state index contributed by atoms with van der Waals surface area (Å²) >= 11 is 6.09. The smallest absolute Gasteiger partial charge is 0.335 e. The van der Waals surface area contributed by atoms with E-state index in [1.54, 1.807) is 23.1 Å². The molecule has 0 saturated carbocycles. The van der Waals surface area contributed by atoms with Gasteiger partial charge in [0.1, 0.15) is 11.9 Å². The molecule has 1 saturated heterocycles. The van der Waals surface area contributed by atoms with Gasteiger partial charge in [-0.1, -0.05) is 29.8 Å². The van der Waals surface area contributed by atoms with Crippen molar-refractivity contribution >= 4 is 23.5 Å². The van der Waals surface area contributed by atoms with E-state index in [1.807, 2.05) is 0 Å². The highest BCUT2D eigenvalue weighted by atomic mass is 35.5. The van der Waals surface area contributed by atoms with E-state index in [0.717, 1.165) is 5.56 Å². The van der Waals surface area contributed by atoms with Gasteiger partial charge in [0.2, 0.25) is 5.91 Å². The Labute approximate surface area is 154 Å². The third kappa shape index (κ3) is 4.20. The van der Waals surface area contributed by atoms with E-state index in [-0.39, 0.29) is 22.9 Å². The number of morpholine rings is 1. The number of carbonyl (C=O) groups excluding carboxylic acids is 1. The molecular weight excluding hydrogens is 361 g/mol. The molecule has 2 aromatic rings. The minimum Gasteiger partial charge on any atom is -0.478 e. The van der Waals surface area contributed by atoms with E-state index in [0.29, 0.717) is 25.3 Å². The number of ether oxygens (including phenoxy) is 1. The van der Waals surface area contributed by atoms with Crippen LogP contribution in [0.5, 0.6) is 0 Å². The lowest BCUT2D eigenvalue weighted by Gasteiger charge is -2.33. The number of amides is 1. The van der Waals surface area contributed by atoms with E-state index in [1.165, 1.54) is 24.3 Å². The van der Waals surface area contributed by atoms with Crippen molar-refractivity contribution < 1.29 is 23.8 Å². The molecule has 2 aromatic carbocycles. The zero-order valence-electron chi connectivity index (χ0n) is 13.8. The second kappa shape index (κ2) is 7.85. The molecule has 136 valence electrons. The van der Waals surface area contributed by atoms with Crippen LogP contribution in [0.25, 0.3) is 0 Å². The van der Waals surface area contributed by atoms with Crippen LogP contribution in [0.3, 0.4) is 0 Å². The molecule has 1 aliphatic rings. The zero-order chi connectivity index (χ0) is 18.7. The van der Waals surface area contributed by atoms with Crippen LogP contribution in [-0.4, -0.2) is 41.6 Å². The van der Waals surface area contributed by atoms with Crippen molar-refractivity contribution in [3.63, 3.8) is 0 Å². The Hall–Kier alpha value is -2.44. The zero-order valence-corrected chi connectivity index (χ0v) is 14.6. The molecule has 26 heavy (non-hydrogen) atoms. The maximum atomic E-state index is 13.2. The molecule has 1 heterocycles. The van der Waals surface area contributed by atoms with Crippen molar-refractivity contribution in [2.45, 2.75) is 12.5 Å². The van der Waals surface area contributed by atoms with Crippen molar-refractivity contribution in [1.29, 1.82) is 0 Å². The Morgan fingerprint density at radius 3 is 2.62 bits per heavy atom. The van der Waals surface area contributed by atoms with Gasteiger partial charge >= 0.3 is 5.97 Å². The third-order valence-electron chi connectivity index (χ3n) is 4.28. The molecule has 0 radical (unpaired) electrons. The fourth-order valence-corrected chi connectivity index (χ4v) is 3.17. The highest BCUT2D eigenvalue weighted by molar-refractivity contribution is 6.31. The number of carboxylic acid groups (broad SMARTS) is 1. The van der Waals surface area contributed by atoms with E-state index < -0.39 is 17.9 Å². The number of aromatic carboxylic acids is 1. The molecule has 1 amide bonds. The molecule has 3 rings (SSSR count). The molecule has 1 aliphatic heterocycles. The molecule has 5 nitrogen and oxygen atoms in total. The monoisotopic (exact) mass is 377 g/mol. The van der Waals surface area contributed by atoms with Gasteiger partial charge in [0.15, 0.2) is 0 Å².